The van der Waals surface area contributed by atoms with Crippen molar-refractivity contribution in [1.29, 1.82) is 0 Å². The smallest absolute Gasteiger partial charge is 0.320 e. The van der Waals surface area contributed by atoms with E-state index in [0.29, 0.717) is 18.2 Å². The molecule has 1 heterocycles. The Morgan fingerprint density at radius 2 is 1.73 bits per heavy atom. The van der Waals surface area contributed by atoms with Crippen molar-refractivity contribution in [2.24, 2.45) is 0 Å². The second-order valence-corrected chi connectivity index (χ2v) is 6.44. The van der Waals surface area contributed by atoms with Gasteiger partial charge in [0.2, 0.25) is 0 Å². The molecule has 0 bridgehead atoms. The van der Waals surface area contributed by atoms with Crippen LogP contribution in [-0.2, 0) is 6.54 Å². The SMILES string of the molecule is COc1ccc(CNc2ccc(NC(=O)NC3CCCCC3)nn2)cc1. The number of hydrogen-bond donors (Lipinski definition) is 3. The Labute approximate surface area is 153 Å². The van der Waals surface area contributed by atoms with Crippen LogP contribution in [0.2, 0.25) is 0 Å². The summed E-state index contributed by atoms with van der Waals surface area (Å²) in [5.74, 6) is 1.92. The van der Waals surface area contributed by atoms with Gasteiger partial charge in [-0.1, -0.05) is 31.4 Å². The third-order valence-corrected chi connectivity index (χ3v) is 4.48. The second-order valence-electron chi connectivity index (χ2n) is 6.44. The first-order chi connectivity index (χ1) is 12.7. The molecule has 0 spiro atoms. The molecule has 138 valence electrons. The Kier molecular flexibility index (Phi) is 6.24. The van der Waals surface area contributed by atoms with E-state index in [1.54, 1.807) is 19.2 Å². The van der Waals surface area contributed by atoms with E-state index in [-0.39, 0.29) is 12.1 Å². The number of urea groups is 1. The van der Waals surface area contributed by atoms with E-state index >= 15 is 0 Å². The predicted molar refractivity (Wildman–Crippen MR) is 101 cm³/mol. The third kappa shape index (κ3) is 5.34. The van der Waals surface area contributed by atoms with Gasteiger partial charge in [-0.25, -0.2) is 4.79 Å². The number of nitrogens with one attached hydrogen (secondary N) is 3. The number of aromatic nitrogens is 2. The Bertz CT molecular complexity index is 697. The molecule has 1 aromatic carbocycles. The molecule has 2 amide bonds. The minimum atomic E-state index is -0.217. The molecule has 3 N–H and O–H groups in total. The summed E-state index contributed by atoms with van der Waals surface area (Å²) in [5, 5.41) is 17.1. The Morgan fingerprint density at radius 3 is 2.38 bits per heavy atom. The minimum absolute atomic E-state index is 0.217. The topological polar surface area (TPSA) is 88.2 Å². The summed E-state index contributed by atoms with van der Waals surface area (Å²) >= 11 is 0. The van der Waals surface area contributed by atoms with Crippen molar-refractivity contribution in [3.63, 3.8) is 0 Å². The minimum Gasteiger partial charge on any atom is -0.497 e. The summed E-state index contributed by atoms with van der Waals surface area (Å²) < 4.78 is 5.14. The average Bonchev–Trinajstić information content (AvgIpc) is 2.68. The van der Waals surface area contributed by atoms with Crippen LogP contribution in [0.15, 0.2) is 36.4 Å². The zero-order valence-electron chi connectivity index (χ0n) is 15.0. The van der Waals surface area contributed by atoms with Crippen molar-refractivity contribution in [3.05, 3.63) is 42.0 Å². The van der Waals surface area contributed by atoms with Crippen LogP contribution in [0.5, 0.6) is 5.75 Å². The van der Waals surface area contributed by atoms with Gasteiger partial charge in [0, 0.05) is 12.6 Å². The molecular formula is C19H25N5O2. The van der Waals surface area contributed by atoms with Gasteiger partial charge in [0.25, 0.3) is 0 Å². The lowest BCUT2D eigenvalue weighted by atomic mass is 9.96. The lowest BCUT2D eigenvalue weighted by Crippen LogP contribution is -2.39. The van der Waals surface area contributed by atoms with Gasteiger partial charge in [0.05, 0.1) is 7.11 Å². The summed E-state index contributed by atoms with van der Waals surface area (Å²) in [6.07, 6.45) is 5.72. The van der Waals surface area contributed by atoms with Gasteiger partial charge in [-0.2, -0.15) is 0 Å². The van der Waals surface area contributed by atoms with Gasteiger partial charge >= 0.3 is 6.03 Å². The highest BCUT2D eigenvalue weighted by Gasteiger charge is 2.15. The van der Waals surface area contributed by atoms with E-state index in [0.717, 1.165) is 24.2 Å². The Hall–Kier alpha value is -2.83. The van der Waals surface area contributed by atoms with Gasteiger partial charge in [0.15, 0.2) is 5.82 Å². The summed E-state index contributed by atoms with van der Waals surface area (Å²) in [4.78, 5) is 12.0. The van der Waals surface area contributed by atoms with E-state index in [1.165, 1.54) is 19.3 Å². The van der Waals surface area contributed by atoms with E-state index < -0.39 is 0 Å². The first-order valence-electron chi connectivity index (χ1n) is 9.01. The van der Waals surface area contributed by atoms with Crippen LogP contribution in [0.1, 0.15) is 37.7 Å². The lowest BCUT2D eigenvalue weighted by molar-refractivity contribution is 0.244. The van der Waals surface area contributed by atoms with Crippen molar-refractivity contribution in [2.75, 3.05) is 17.7 Å². The zero-order valence-corrected chi connectivity index (χ0v) is 15.0. The lowest BCUT2D eigenvalue weighted by Gasteiger charge is -2.22. The average molecular weight is 355 g/mol. The van der Waals surface area contributed by atoms with Crippen LogP contribution in [0.3, 0.4) is 0 Å². The molecule has 3 rings (SSSR count). The number of anilines is 2. The van der Waals surface area contributed by atoms with Gasteiger partial charge in [-0.3, -0.25) is 5.32 Å². The molecule has 26 heavy (non-hydrogen) atoms. The number of hydrogen-bond acceptors (Lipinski definition) is 5. The summed E-state index contributed by atoms with van der Waals surface area (Å²) in [6.45, 7) is 0.633. The number of benzene rings is 1. The summed E-state index contributed by atoms with van der Waals surface area (Å²) in [7, 11) is 1.65. The largest absolute Gasteiger partial charge is 0.497 e. The van der Waals surface area contributed by atoms with Crippen LogP contribution in [0.25, 0.3) is 0 Å². The monoisotopic (exact) mass is 355 g/mol. The van der Waals surface area contributed by atoms with Gasteiger partial charge < -0.3 is 15.4 Å². The van der Waals surface area contributed by atoms with Crippen molar-refractivity contribution < 1.29 is 9.53 Å². The number of ether oxygens (including phenoxy) is 1. The van der Waals surface area contributed by atoms with E-state index in [1.807, 2.05) is 24.3 Å². The molecule has 1 fully saturated rings. The van der Waals surface area contributed by atoms with Crippen LogP contribution < -0.4 is 20.7 Å². The normalized spacial score (nSPS) is 14.5. The van der Waals surface area contributed by atoms with Crippen LogP contribution in [-0.4, -0.2) is 29.4 Å². The fourth-order valence-electron chi connectivity index (χ4n) is 3.01. The molecule has 1 aromatic heterocycles. The molecule has 1 aliphatic rings. The molecule has 0 atom stereocenters. The molecular weight excluding hydrogens is 330 g/mol. The molecule has 1 saturated carbocycles. The van der Waals surface area contributed by atoms with E-state index in [4.69, 9.17) is 4.74 Å². The van der Waals surface area contributed by atoms with Crippen molar-refractivity contribution in [2.45, 2.75) is 44.7 Å². The fourth-order valence-corrected chi connectivity index (χ4v) is 3.01. The quantitative estimate of drug-likeness (QED) is 0.737. The van der Waals surface area contributed by atoms with Gasteiger partial charge in [-0.15, -0.1) is 10.2 Å². The van der Waals surface area contributed by atoms with Crippen molar-refractivity contribution >= 4 is 17.7 Å². The highest BCUT2D eigenvalue weighted by molar-refractivity contribution is 5.88. The standard InChI is InChI=1S/C19H25N5O2/c1-26-16-9-7-14(8-10-16)13-20-17-11-12-18(24-23-17)22-19(25)21-15-5-3-2-4-6-15/h7-12,15H,2-6,13H2,1H3,(H,20,23)(H2,21,22,24,25). The highest BCUT2D eigenvalue weighted by Crippen LogP contribution is 2.17. The first kappa shape index (κ1) is 18.0. The van der Waals surface area contributed by atoms with E-state index in [9.17, 15) is 4.79 Å². The highest BCUT2D eigenvalue weighted by atomic mass is 16.5. The van der Waals surface area contributed by atoms with Crippen molar-refractivity contribution in [3.8, 4) is 5.75 Å². The number of carbonyl (C=O) groups excluding carboxylic acids is 1. The molecule has 1 aliphatic carbocycles. The molecule has 0 unspecified atom stereocenters. The summed E-state index contributed by atoms with van der Waals surface area (Å²) in [6, 6.07) is 11.4. The van der Waals surface area contributed by atoms with Crippen LogP contribution in [0, 0.1) is 0 Å². The first-order valence-corrected chi connectivity index (χ1v) is 9.01. The van der Waals surface area contributed by atoms with E-state index in [2.05, 4.69) is 26.1 Å². The molecule has 2 aromatic rings. The molecule has 0 radical (unpaired) electrons. The maximum absolute atomic E-state index is 12.0. The Balaban J connectivity index is 1.45. The molecule has 7 heteroatoms. The van der Waals surface area contributed by atoms with Crippen LogP contribution >= 0.6 is 0 Å². The molecule has 7 nitrogen and oxygen atoms in total. The fraction of sp³-hybridized carbons (Fsp3) is 0.421. The number of rotatable bonds is 6. The third-order valence-electron chi connectivity index (χ3n) is 4.48. The molecule has 0 saturated heterocycles. The maximum Gasteiger partial charge on any atom is 0.320 e. The number of carbonyl (C=O) groups is 1. The number of amides is 2. The van der Waals surface area contributed by atoms with Gasteiger partial charge in [-0.05, 0) is 42.7 Å². The van der Waals surface area contributed by atoms with Crippen molar-refractivity contribution in [1.82, 2.24) is 15.5 Å². The number of methoxy groups -OCH3 is 1. The van der Waals surface area contributed by atoms with Crippen LogP contribution in [0.4, 0.5) is 16.4 Å². The maximum atomic E-state index is 12.0. The van der Waals surface area contributed by atoms with Gasteiger partial charge in [0.1, 0.15) is 11.6 Å². The number of nitrogens with zero attached hydrogens (tertiary/aromatic N) is 2. The molecule has 0 aliphatic heterocycles. The second kappa shape index (κ2) is 9.03. The predicted octanol–water partition coefficient (Wildman–Crippen LogP) is 3.55. The Morgan fingerprint density at radius 1 is 1.04 bits per heavy atom. The zero-order chi connectivity index (χ0) is 18.2. The summed E-state index contributed by atoms with van der Waals surface area (Å²) in [5.41, 5.74) is 1.11.